The van der Waals surface area contributed by atoms with E-state index in [0.29, 0.717) is 85.7 Å². The van der Waals surface area contributed by atoms with Crippen LogP contribution in [0, 0.1) is 0 Å². The van der Waals surface area contributed by atoms with Gasteiger partial charge in [0.1, 0.15) is 46.0 Å². The van der Waals surface area contributed by atoms with Crippen LogP contribution < -0.4 is 83.4 Å². The van der Waals surface area contributed by atoms with Crippen LogP contribution in [-0.2, 0) is 38.4 Å². The molecule has 1 aliphatic rings. The quantitative estimate of drug-likeness (QED) is 0.0127. The van der Waals surface area contributed by atoms with Gasteiger partial charge in [0.05, 0.1) is 98.8 Å². The number of carbonyl (C=O) groups is 4. The number of hydrogen-bond acceptors (Lipinski definition) is 27. The molecular formula is C65H79B2Br3Cl6MnN10O21P. The summed E-state index contributed by atoms with van der Waals surface area (Å²) in [6.07, 6.45) is 7.18. The van der Waals surface area contributed by atoms with Crippen LogP contribution in [0.5, 0.6) is 46.0 Å². The van der Waals surface area contributed by atoms with Gasteiger partial charge in [0.15, 0.2) is 12.6 Å². The number of nitrogen functional groups attached to an aromatic ring is 4. The third-order valence-electron chi connectivity index (χ3n) is 12.1. The summed E-state index contributed by atoms with van der Waals surface area (Å²) < 4.78 is 73.5. The van der Waals surface area contributed by atoms with E-state index in [9.17, 15) is 23.7 Å². The monoisotopic (exact) mass is 1890 g/mol. The number of benzene rings is 7. The number of carboxylic acids is 1. The number of urea groups is 1. The van der Waals surface area contributed by atoms with Gasteiger partial charge in [-0.25, -0.2) is 29.3 Å². The number of fused-ring (bicyclic) bond motifs is 2. The summed E-state index contributed by atoms with van der Waals surface area (Å²) in [7, 11) is 10.8. The van der Waals surface area contributed by atoms with Crippen LogP contribution in [0.25, 0.3) is 21.8 Å². The van der Waals surface area contributed by atoms with Gasteiger partial charge in [0.2, 0.25) is 5.28 Å². The predicted octanol–water partition coefficient (Wildman–Crippen LogP) is 12.9. The number of methoxy groups -OCH3 is 8. The summed E-state index contributed by atoms with van der Waals surface area (Å²) in [5.74, 6) is 3.98. The zero-order valence-corrected chi connectivity index (χ0v) is 69.7. The van der Waals surface area contributed by atoms with E-state index in [1.54, 1.807) is 108 Å². The number of nitrogens with two attached hydrogens (primary N) is 6. The van der Waals surface area contributed by atoms with Gasteiger partial charge in [-0.15, -0.1) is 23.2 Å². The number of hydrogen-bond donors (Lipinski definition) is 11. The standard InChI is InChI=1S/C9H6BrClN2O.C9H7BrN2O2.C8H11BO4.C8H8BrNO2.C8H9NO3.C8H11NO2.C8H9NO2.C4H8O.CH2Cl2.CH4N2O.CH4.B.Cl3OP.Mn.2O/c1-14-8-3-7-5(2-6(8)10)4-12-9(11)13-7;1-14-8-3-7-5(2-6(8)10)4-11-9(13)12-7;1-12-7-3-6(9(10)11)4-8(5-7)13-2;1-12-8-3-7(10)5(4-11)2-6(8)9;1-12-5-2-3-6(8(10)11)7(9)4-5;2*1-11-7-3-2-6(5-10)8(9)4-7;1-2-4-5-3-1;2-1-3;2-1(3)4;;;1-5(2,3)4;;;/h2-4H,1H3;2-4H,1H3,(H,11,12,13);3-5,10-11H,1-2H3;2-4H,10H2,1H3;2-4H,9H2,1H3,(H,10,11);2-4,10H,5,9H2,1H3;2-5H,9H2,1H3;1-4H2;1H2;(H4,2,3,4);1H4;;;;;. The van der Waals surface area contributed by atoms with Crippen molar-refractivity contribution in [2.75, 3.05) is 98.4 Å². The van der Waals surface area contributed by atoms with Gasteiger partial charge in [-0.1, -0.05) is 13.5 Å². The number of H-pyrrole nitrogens is 1. The molecule has 0 unspecified atom stereocenters. The summed E-state index contributed by atoms with van der Waals surface area (Å²) >= 11 is 37.6. The van der Waals surface area contributed by atoms with Crippen molar-refractivity contribution < 1.29 is 109 Å². The number of nitrogens with zero attached hydrogens (tertiary/aromatic N) is 3. The summed E-state index contributed by atoms with van der Waals surface area (Å²) in [6, 6.07) is 29.0. The Balaban J connectivity index is -0.000000565. The number of primary amides is 2. The SMILES string of the molecule is C.C1CCOC1.COc1cc(N)c(C=O)cc1Br.COc1cc(OC)cc(B(O)O)c1.COc1cc2[nH]c(=O)ncc2cc1Br.COc1cc2nc(Cl)ncc2cc1Br.COc1ccc(C(=O)O)c(N)c1.COc1ccc(C=O)c(N)c1.COc1ccc(CO)c(N)c1.ClCCl.NC(N)=O.O=P(Cl)(Cl)Cl.[B].[O]=[Mn]=[O]. The molecule has 2 amide bonds. The molecule has 2 aromatic heterocycles. The molecule has 1 saturated heterocycles. The average molecular weight is 1900 g/mol. The van der Waals surface area contributed by atoms with E-state index >= 15 is 0 Å². The van der Waals surface area contributed by atoms with Gasteiger partial charge < -0.3 is 102 Å². The summed E-state index contributed by atoms with van der Waals surface area (Å²) in [6.45, 7) is 1.97. The van der Waals surface area contributed by atoms with Crippen LogP contribution in [0.4, 0.5) is 27.5 Å². The Hall–Kier alpha value is -7.80. The van der Waals surface area contributed by atoms with Crippen molar-refractivity contribution >= 4 is 212 Å². The fourth-order valence-electron chi connectivity index (χ4n) is 7.21. The topological polar surface area (TPSA) is 511 Å². The minimum absolute atomic E-state index is 0. The number of aliphatic hydroxyl groups excluding tert-OH is 1. The summed E-state index contributed by atoms with van der Waals surface area (Å²) in [4.78, 5) is 65.4. The molecule has 596 valence electrons. The molecule has 3 radical (unpaired) electrons. The number of carboxylic acid groups (broad SMARTS) is 1. The second kappa shape index (κ2) is 60.9. The molecule has 17 N–H and O–H groups in total. The van der Waals surface area contributed by atoms with E-state index < -0.39 is 39.1 Å². The second-order valence-electron chi connectivity index (χ2n) is 19.1. The van der Waals surface area contributed by atoms with Crippen LogP contribution in [0.3, 0.4) is 0 Å². The van der Waals surface area contributed by atoms with Crippen molar-refractivity contribution in [3.8, 4) is 46.0 Å². The number of rotatable bonds is 13. The van der Waals surface area contributed by atoms with E-state index in [2.05, 4.69) is 113 Å². The first-order valence-electron chi connectivity index (χ1n) is 29.0. The fraction of sp³-hybridized carbons (Fsp3) is 0.231. The van der Waals surface area contributed by atoms with Crippen LogP contribution >= 0.6 is 122 Å². The van der Waals surface area contributed by atoms with Gasteiger partial charge in [-0.05, 0) is 172 Å². The molecule has 3 heterocycles. The minimum atomic E-state index is -3.22. The molecule has 7 aromatic carbocycles. The zero-order valence-electron chi connectivity index (χ0n) is 58.4. The van der Waals surface area contributed by atoms with E-state index in [4.69, 9.17) is 133 Å². The number of nitrogens with one attached hydrogen (secondary N) is 1. The first-order chi connectivity index (χ1) is 50.5. The number of anilines is 4. The number of alkyl halides is 2. The summed E-state index contributed by atoms with van der Waals surface area (Å²) in [5, 5.41) is 34.2. The number of aromatic carboxylic acids is 1. The molecule has 0 saturated carbocycles. The fourth-order valence-corrected chi connectivity index (χ4v) is 8.92. The van der Waals surface area contributed by atoms with E-state index in [0.717, 1.165) is 60.5 Å². The first kappa shape index (κ1) is 108. The number of carbonyl (C=O) groups excluding carboxylic acids is 3. The molecule has 44 heteroatoms. The normalized spacial score (nSPS) is 9.94. The third-order valence-corrected chi connectivity index (χ3v) is 14.2. The van der Waals surface area contributed by atoms with Crippen LogP contribution in [-0.4, -0.2) is 156 Å². The molecule has 9 aromatic rings. The van der Waals surface area contributed by atoms with Gasteiger partial charge in [-0.2, -0.15) is 0 Å². The third kappa shape index (κ3) is 46.5. The number of ether oxygens (including phenoxy) is 9. The molecular weight excluding hydrogens is 1820 g/mol. The predicted molar refractivity (Wildman–Crippen MR) is 435 cm³/mol. The van der Waals surface area contributed by atoms with Crippen molar-refractivity contribution in [2.45, 2.75) is 26.9 Å². The molecule has 109 heavy (non-hydrogen) atoms. The molecule has 0 spiro atoms. The van der Waals surface area contributed by atoms with Crippen molar-refractivity contribution in [2.24, 2.45) is 11.5 Å². The first-order valence-corrected chi connectivity index (χ1v) is 38.2. The van der Waals surface area contributed by atoms with Crippen LogP contribution in [0.2, 0.25) is 5.28 Å². The van der Waals surface area contributed by atoms with Crippen molar-refractivity contribution in [1.29, 1.82) is 0 Å². The number of aldehydes is 2. The van der Waals surface area contributed by atoms with Crippen molar-refractivity contribution in [3.63, 3.8) is 0 Å². The Kier molecular flexibility index (Phi) is 60.1. The van der Waals surface area contributed by atoms with Crippen LogP contribution in [0.15, 0.2) is 140 Å². The van der Waals surface area contributed by atoms with Gasteiger partial charge in [-0.3, -0.25) is 14.2 Å². The van der Waals surface area contributed by atoms with Crippen molar-refractivity contribution in [3.05, 3.63) is 173 Å². The molecule has 1 fully saturated rings. The number of aromatic amines is 1. The maximum atomic E-state index is 10.9. The number of aliphatic hydroxyl groups is 1. The second-order valence-corrected chi connectivity index (χ2v) is 29.6. The molecule has 0 aliphatic carbocycles. The Morgan fingerprint density at radius 1 is 0.615 bits per heavy atom. The number of halogens is 9. The Bertz CT molecular complexity index is 4340. The van der Waals surface area contributed by atoms with Gasteiger partial charge in [0, 0.05) is 127 Å². The number of amides is 2. The Morgan fingerprint density at radius 2 is 1.02 bits per heavy atom. The maximum absolute atomic E-state index is 10.9. The Labute approximate surface area is 690 Å². The number of aromatic nitrogens is 4. The van der Waals surface area contributed by atoms with E-state index in [-0.39, 0.29) is 50.0 Å². The average Bonchev–Trinajstić information content (AvgIpc) is 1.04. The molecule has 0 bridgehead atoms. The van der Waals surface area contributed by atoms with E-state index in [1.165, 1.54) is 64.6 Å². The molecule has 31 nitrogen and oxygen atoms in total. The zero-order chi connectivity index (χ0) is 81.9. The van der Waals surface area contributed by atoms with Gasteiger partial charge in [0.25, 0.3) is 0 Å². The van der Waals surface area contributed by atoms with Gasteiger partial charge >= 0.3 is 52.5 Å². The van der Waals surface area contributed by atoms with Crippen molar-refractivity contribution in [1.82, 2.24) is 19.9 Å². The van der Waals surface area contributed by atoms with E-state index in [1.807, 2.05) is 18.2 Å². The summed E-state index contributed by atoms with van der Waals surface area (Å²) in [5.41, 5.74) is 35.4. The molecule has 0 atom stereocenters. The molecule has 10 rings (SSSR count). The Morgan fingerprint density at radius 3 is 1.41 bits per heavy atom. The van der Waals surface area contributed by atoms with Crippen LogP contribution in [0.1, 0.15) is 56.9 Å². The molecule has 1 aliphatic heterocycles.